The molecule has 0 radical (unpaired) electrons. The summed E-state index contributed by atoms with van der Waals surface area (Å²) in [7, 11) is 0. The second kappa shape index (κ2) is 11.7. The first-order valence-electron chi connectivity index (χ1n) is 10.4. The van der Waals surface area contributed by atoms with E-state index in [1.165, 1.54) is 11.8 Å². The van der Waals surface area contributed by atoms with Gasteiger partial charge in [-0.1, -0.05) is 53.2 Å². The fourth-order valence-corrected chi connectivity index (χ4v) is 4.44. The zero-order chi connectivity index (χ0) is 23.1. The molecule has 9 heteroatoms. The zero-order valence-electron chi connectivity index (χ0n) is 17.9. The van der Waals surface area contributed by atoms with Crippen molar-refractivity contribution < 1.29 is 9.53 Å². The van der Waals surface area contributed by atoms with Crippen LogP contribution in [-0.2, 0) is 22.6 Å². The van der Waals surface area contributed by atoms with Crippen molar-refractivity contribution in [2.75, 3.05) is 13.2 Å². The zero-order valence-corrected chi connectivity index (χ0v) is 20.3. The third-order valence-corrected chi connectivity index (χ3v) is 6.51. The van der Waals surface area contributed by atoms with Gasteiger partial charge in [0.15, 0.2) is 5.16 Å². The van der Waals surface area contributed by atoms with Gasteiger partial charge in [-0.25, -0.2) is 4.98 Å². The summed E-state index contributed by atoms with van der Waals surface area (Å²) in [6.45, 7) is 5.64. The molecule has 32 heavy (non-hydrogen) atoms. The molecule has 0 bridgehead atoms. The summed E-state index contributed by atoms with van der Waals surface area (Å²) in [5.74, 6) is -0.170. The molecule has 0 spiro atoms. The molecule has 1 aromatic heterocycles. The number of hydrogen-bond donors (Lipinski definition) is 1. The Bertz CT molecular complexity index is 1150. The number of nitrogens with zero attached hydrogens (tertiary/aromatic N) is 2. The van der Waals surface area contributed by atoms with Gasteiger partial charge < -0.3 is 10.1 Å². The third kappa shape index (κ3) is 6.25. The minimum absolute atomic E-state index is 0.158. The van der Waals surface area contributed by atoms with Gasteiger partial charge in [-0.15, -0.1) is 0 Å². The maximum absolute atomic E-state index is 13.1. The van der Waals surface area contributed by atoms with Crippen molar-refractivity contribution >= 4 is 51.8 Å². The number of ether oxygens (including phenoxy) is 1. The summed E-state index contributed by atoms with van der Waals surface area (Å²) in [5, 5.41) is 4.49. The Morgan fingerprint density at radius 3 is 2.78 bits per heavy atom. The van der Waals surface area contributed by atoms with Gasteiger partial charge in [0.2, 0.25) is 5.91 Å². The molecule has 0 aliphatic rings. The summed E-state index contributed by atoms with van der Waals surface area (Å²) in [5.41, 5.74) is 1.19. The van der Waals surface area contributed by atoms with E-state index in [-0.39, 0.29) is 11.5 Å². The molecular weight excluding hydrogens is 469 g/mol. The van der Waals surface area contributed by atoms with Crippen molar-refractivity contribution in [3.8, 4) is 0 Å². The van der Waals surface area contributed by atoms with Gasteiger partial charge >= 0.3 is 0 Å². The Morgan fingerprint density at radius 1 is 1.25 bits per heavy atom. The van der Waals surface area contributed by atoms with Crippen LogP contribution >= 0.6 is 35.0 Å². The number of hydrogen-bond acceptors (Lipinski definition) is 5. The first kappa shape index (κ1) is 24.6. The summed E-state index contributed by atoms with van der Waals surface area (Å²) < 4.78 is 7.02. The Hall–Kier alpha value is -2.06. The normalized spacial score (nSPS) is 12.1. The molecule has 1 amide bonds. The van der Waals surface area contributed by atoms with E-state index in [0.717, 1.165) is 5.56 Å². The number of nitrogens with one attached hydrogen (secondary N) is 1. The van der Waals surface area contributed by atoms with E-state index in [2.05, 4.69) is 10.3 Å². The average molecular weight is 494 g/mol. The van der Waals surface area contributed by atoms with Crippen LogP contribution in [-0.4, -0.2) is 33.9 Å². The fourth-order valence-electron chi connectivity index (χ4n) is 3.11. The van der Waals surface area contributed by atoms with Crippen LogP contribution in [0, 0.1) is 0 Å². The van der Waals surface area contributed by atoms with E-state index in [1.807, 2.05) is 25.1 Å². The second-order valence-corrected chi connectivity index (χ2v) is 9.28. The van der Waals surface area contributed by atoms with Crippen LogP contribution < -0.4 is 10.9 Å². The van der Waals surface area contributed by atoms with Crippen molar-refractivity contribution in [1.82, 2.24) is 14.9 Å². The maximum Gasteiger partial charge on any atom is 0.262 e. The summed E-state index contributed by atoms with van der Waals surface area (Å²) >= 11 is 13.5. The molecule has 6 nitrogen and oxygen atoms in total. The number of thioether (sulfide) groups is 1. The van der Waals surface area contributed by atoms with Crippen LogP contribution in [0.5, 0.6) is 0 Å². The predicted molar refractivity (Wildman–Crippen MR) is 131 cm³/mol. The van der Waals surface area contributed by atoms with Gasteiger partial charge in [-0.3, -0.25) is 14.2 Å². The fraction of sp³-hybridized carbons (Fsp3) is 0.348. The summed E-state index contributed by atoms with van der Waals surface area (Å²) in [4.78, 5) is 30.5. The van der Waals surface area contributed by atoms with Gasteiger partial charge in [0.25, 0.3) is 5.56 Å². The van der Waals surface area contributed by atoms with Gasteiger partial charge in [0.05, 0.1) is 16.2 Å². The van der Waals surface area contributed by atoms with E-state index in [9.17, 15) is 9.59 Å². The lowest BCUT2D eigenvalue weighted by Gasteiger charge is -2.17. The smallest absolute Gasteiger partial charge is 0.262 e. The van der Waals surface area contributed by atoms with Crippen molar-refractivity contribution in [3.63, 3.8) is 0 Å². The number of aromatic nitrogens is 2. The quantitative estimate of drug-likeness (QED) is 0.246. The van der Waals surface area contributed by atoms with E-state index in [0.29, 0.717) is 58.8 Å². The second-order valence-electron chi connectivity index (χ2n) is 7.13. The lowest BCUT2D eigenvalue weighted by Crippen LogP contribution is -2.32. The molecule has 0 aliphatic carbocycles. The van der Waals surface area contributed by atoms with Crippen LogP contribution in [0.2, 0.25) is 10.0 Å². The Kier molecular flexibility index (Phi) is 8.99. The molecular formula is C23H25Cl2N3O3S. The highest BCUT2D eigenvalue weighted by atomic mass is 35.5. The van der Waals surface area contributed by atoms with Crippen LogP contribution in [0.1, 0.15) is 25.8 Å². The minimum atomic E-state index is -0.473. The molecule has 0 saturated carbocycles. The lowest BCUT2D eigenvalue weighted by molar-refractivity contribution is -0.120. The molecule has 170 valence electrons. The van der Waals surface area contributed by atoms with Crippen molar-refractivity contribution in [1.29, 1.82) is 0 Å². The number of halogens is 2. The standard InChI is InChI=1S/C23H25Cl2N3O3S/c1-3-31-12-6-11-28-22(30)18-10-9-17(24)13-20(18)27-23(28)32-15(2)21(29)26-14-16-7-4-5-8-19(16)25/h4-5,7-10,13,15H,3,6,11-12,14H2,1-2H3,(H,26,29). The molecule has 3 aromatic rings. The van der Waals surface area contributed by atoms with E-state index >= 15 is 0 Å². The maximum atomic E-state index is 13.1. The molecule has 0 aliphatic heterocycles. The Balaban J connectivity index is 1.80. The van der Waals surface area contributed by atoms with E-state index in [4.69, 9.17) is 27.9 Å². The summed E-state index contributed by atoms with van der Waals surface area (Å²) in [6.07, 6.45) is 0.662. The molecule has 0 saturated heterocycles. The predicted octanol–water partition coefficient (Wildman–Crippen LogP) is 4.93. The first-order valence-corrected chi connectivity index (χ1v) is 12.0. The molecule has 2 aromatic carbocycles. The Morgan fingerprint density at radius 2 is 2.03 bits per heavy atom. The van der Waals surface area contributed by atoms with Crippen LogP contribution in [0.4, 0.5) is 0 Å². The van der Waals surface area contributed by atoms with Crippen molar-refractivity contribution in [3.05, 3.63) is 68.4 Å². The number of rotatable bonds is 10. The molecule has 1 N–H and O–H groups in total. The first-order chi connectivity index (χ1) is 15.4. The molecule has 0 fully saturated rings. The number of carbonyl (C=O) groups is 1. The molecule has 1 heterocycles. The average Bonchev–Trinajstić information content (AvgIpc) is 2.77. The van der Waals surface area contributed by atoms with Gasteiger partial charge in [0, 0.05) is 36.3 Å². The highest BCUT2D eigenvalue weighted by molar-refractivity contribution is 8.00. The van der Waals surface area contributed by atoms with Crippen molar-refractivity contribution in [2.45, 2.75) is 43.8 Å². The lowest BCUT2D eigenvalue weighted by atomic mass is 10.2. The largest absolute Gasteiger partial charge is 0.382 e. The number of fused-ring (bicyclic) bond motifs is 1. The number of amides is 1. The number of benzene rings is 2. The highest BCUT2D eigenvalue weighted by Crippen LogP contribution is 2.24. The van der Waals surface area contributed by atoms with Gasteiger partial charge in [-0.05, 0) is 50.1 Å². The number of carbonyl (C=O) groups excluding carboxylic acids is 1. The van der Waals surface area contributed by atoms with Crippen LogP contribution in [0.15, 0.2) is 52.4 Å². The van der Waals surface area contributed by atoms with Crippen molar-refractivity contribution in [2.24, 2.45) is 0 Å². The van der Waals surface area contributed by atoms with Gasteiger partial charge in [0.1, 0.15) is 0 Å². The van der Waals surface area contributed by atoms with Crippen LogP contribution in [0.25, 0.3) is 10.9 Å². The molecule has 3 rings (SSSR count). The topological polar surface area (TPSA) is 73.2 Å². The van der Waals surface area contributed by atoms with Gasteiger partial charge in [-0.2, -0.15) is 0 Å². The molecule has 1 atom stereocenters. The van der Waals surface area contributed by atoms with E-state index in [1.54, 1.807) is 35.8 Å². The van der Waals surface area contributed by atoms with Crippen LogP contribution in [0.3, 0.4) is 0 Å². The minimum Gasteiger partial charge on any atom is -0.382 e. The monoisotopic (exact) mass is 493 g/mol. The Labute approximate surface area is 201 Å². The molecule has 1 unspecified atom stereocenters. The van der Waals surface area contributed by atoms with E-state index < -0.39 is 5.25 Å². The summed E-state index contributed by atoms with van der Waals surface area (Å²) in [6, 6.07) is 12.4. The third-order valence-electron chi connectivity index (χ3n) is 4.82. The highest BCUT2D eigenvalue weighted by Gasteiger charge is 2.19. The SMILES string of the molecule is CCOCCCn1c(SC(C)C(=O)NCc2ccccc2Cl)nc2cc(Cl)ccc2c1=O.